The van der Waals surface area contributed by atoms with Gasteiger partial charge in [0.15, 0.2) is 0 Å². The number of hydrogen-bond acceptors (Lipinski definition) is 6. The first kappa shape index (κ1) is 15.1. The zero-order valence-electron chi connectivity index (χ0n) is 10.3. The fourth-order valence-corrected chi connectivity index (χ4v) is 2.67. The first-order valence-corrected chi connectivity index (χ1v) is 6.82. The summed E-state index contributed by atoms with van der Waals surface area (Å²) in [4.78, 5) is 0.0227. The van der Waals surface area contributed by atoms with Crippen LogP contribution < -0.4 is 0 Å². The Hall–Kier alpha value is -1.93. The Morgan fingerprint density at radius 3 is 2.53 bits per heavy atom. The Balaban J connectivity index is 3.23. The highest BCUT2D eigenvalue weighted by atomic mass is 32.2. The molecule has 1 heterocycles. The molecule has 0 saturated heterocycles. The molecule has 0 aromatic heterocycles. The normalized spacial score (nSPS) is 16.9. The highest BCUT2D eigenvalue weighted by Gasteiger charge is 2.25. The summed E-state index contributed by atoms with van der Waals surface area (Å²) in [7, 11) is -3.60. The van der Waals surface area contributed by atoms with E-state index in [1.54, 1.807) is 12.1 Å². The van der Waals surface area contributed by atoms with Gasteiger partial charge in [-0.25, -0.2) is 8.42 Å². The van der Waals surface area contributed by atoms with Crippen LogP contribution in [0.25, 0.3) is 0 Å². The third-order valence-electron chi connectivity index (χ3n) is 2.44. The molecule has 0 fully saturated rings. The molecule has 0 bridgehead atoms. The van der Waals surface area contributed by atoms with Gasteiger partial charge in [0.2, 0.25) is 9.84 Å². The van der Waals surface area contributed by atoms with Gasteiger partial charge in [-0.15, -0.1) is 0 Å². The Morgan fingerprint density at radius 2 is 2.00 bits per heavy atom. The maximum Gasteiger partial charge on any atom is 0.201 e. The van der Waals surface area contributed by atoms with Gasteiger partial charge in [-0.05, 0) is 19.1 Å². The molecule has 0 spiro atoms. The molecule has 19 heavy (non-hydrogen) atoms. The molecule has 0 aliphatic carbocycles. The molecular formula is C12H12N2O4S. The Kier molecular flexibility index (Phi) is 5.02. The fraction of sp³-hybridized carbons (Fsp3) is 0.333. The SMILES string of the molecule is CC1=CC(=C(C#N)C#N)C=C(COCCO)S1(=O)=O. The van der Waals surface area contributed by atoms with Crippen LogP contribution >= 0.6 is 0 Å². The van der Waals surface area contributed by atoms with Gasteiger partial charge in [-0.1, -0.05) is 0 Å². The van der Waals surface area contributed by atoms with Crippen molar-refractivity contribution in [3.05, 3.63) is 33.1 Å². The summed E-state index contributed by atoms with van der Waals surface area (Å²) in [5, 5.41) is 26.2. The van der Waals surface area contributed by atoms with Gasteiger partial charge in [-0.3, -0.25) is 0 Å². The number of hydrogen-bond donors (Lipinski definition) is 1. The predicted octanol–water partition coefficient (Wildman–Crippen LogP) is 0.555. The molecular weight excluding hydrogens is 268 g/mol. The molecule has 6 nitrogen and oxygen atoms in total. The van der Waals surface area contributed by atoms with Crippen molar-refractivity contribution in [2.45, 2.75) is 6.92 Å². The summed E-state index contributed by atoms with van der Waals surface area (Å²) in [6, 6.07) is 3.42. The molecule has 1 aliphatic rings. The average molecular weight is 280 g/mol. The number of ether oxygens (including phenoxy) is 1. The molecule has 0 amide bonds. The summed E-state index contributed by atoms with van der Waals surface area (Å²) in [6.45, 7) is 0.979. The van der Waals surface area contributed by atoms with Crippen molar-refractivity contribution in [3.63, 3.8) is 0 Å². The van der Waals surface area contributed by atoms with Crippen LogP contribution in [0, 0.1) is 22.7 Å². The standard InChI is InChI=1S/C12H12N2O4S/c1-9-4-10(11(6-13)7-14)5-12(19(9,16)17)8-18-3-2-15/h4-5,15H,2-3,8H2,1H3. The van der Waals surface area contributed by atoms with E-state index < -0.39 is 9.84 Å². The van der Waals surface area contributed by atoms with Crippen LogP contribution in [0.5, 0.6) is 0 Å². The topological polar surface area (TPSA) is 111 Å². The number of sulfone groups is 1. The van der Waals surface area contributed by atoms with Gasteiger partial charge in [0.05, 0.1) is 24.7 Å². The van der Waals surface area contributed by atoms with Crippen LogP contribution in [-0.2, 0) is 14.6 Å². The number of aliphatic hydroxyl groups is 1. The molecule has 1 N–H and O–H groups in total. The van der Waals surface area contributed by atoms with E-state index in [1.165, 1.54) is 19.1 Å². The summed E-state index contributed by atoms with van der Waals surface area (Å²) in [5.41, 5.74) is 0.0915. The lowest BCUT2D eigenvalue weighted by Crippen LogP contribution is -2.15. The van der Waals surface area contributed by atoms with Crippen LogP contribution in [0.3, 0.4) is 0 Å². The second-order valence-corrected chi connectivity index (χ2v) is 5.87. The lowest BCUT2D eigenvalue weighted by atomic mass is 10.1. The predicted molar refractivity (Wildman–Crippen MR) is 66.9 cm³/mol. The lowest BCUT2D eigenvalue weighted by Gasteiger charge is -2.15. The highest BCUT2D eigenvalue weighted by molar-refractivity contribution is 7.99. The first-order valence-electron chi connectivity index (χ1n) is 5.34. The van der Waals surface area contributed by atoms with Crippen molar-refractivity contribution in [2.75, 3.05) is 19.8 Å². The fourth-order valence-electron chi connectivity index (χ4n) is 1.45. The number of nitrogens with zero attached hydrogens (tertiary/aromatic N) is 2. The second-order valence-electron chi connectivity index (χ2n) is 3.70. The Morgan fingerprint density at radius 1 is 1.37 bits per heavy atom. The van der Waals surface area contributed by atoms with Gasteiger partial charge in [0.1, 0.15) is 17.7 Å². The van der Waals surface area contributed by atoms with E-state index in [-0.39, 0.29) is 40.8 Å². The third-order valence-corrected chi connectivity index (χ3v) is 4.33. The average Bonchev–Trinajstić information content (AvgIpc) is 2.37. The van der Waals surface area contributed by atoms with Crippen molar-refractivity contribution in [1.82, 2.24) is 0 Å². The Labute approximate surface area is 111 Å². The number of allylic oxidation sites excluding steroid dienone is 5. The number of nitriles is 2. The molecule has 0 atom stereocenters. The van der Waals surface area contributed by atoms with Crippen molar-refractivity contribution in [1.29, 1.82) is 10.5 Å². The third kappa shape index (κ3) is 3.30. The van der Waals surface area contributed by atoms with Gasteiger partial charge >= 0.3 is 0 Å². The van der Waals surface area contributed by atoms with Crippen molar-refractivity contribution < 1.29 is 18.3 Å². The van der Waals surface area contributed by atoms with Crippen LogP contribution in [0.4, 0.5) is 0 Å². The number of rotatable bonds is 4. The molecule has 0 aromatic rings. The lowest BCUT2D eigenvalue weighted by molar-refractivity contribution is 0.110. The van der Waals surface area contributed by atoms with E-state index in [4.69, 9.17) is 20.4 Å². The second kappa shape index (κ2) is 6.30. The maximum absolute atomic E-state index is 12.0. The minimum absolute atomic E-state index is 0.0119. The molecule has 0 unspecified atom stereocenters. The zero-order chi connectivity index (χ0) is 14.5. The van der Waals surface area contributed by atoms with E-state index in [0.29, 0.717) is 0 Å². The summed E-state index contributed by atoms with van der Waals surface area (Å²) >= 11 is 0. The van der Waals surface area contributed by atoms with E-state index >= 15 is 0 Å². The molecule has 0 saturated carbocycles. The minimum Gasteiger partial charge on any atom is -0.394 e. The van der Waals surface area contributed by atoms with Gasteiger partial charge in [0, 0.05) is 10.5 Å². The highest BCUT2D eigenvalue weighted by Crippen LogP contribution is 2.27. The van der Waals surface area contributed by atoms with Crippen molar-refractivity contribution in [2.24, 2.45) is 0 Å². The van der Waals surface area contributed by atoms with Gasteiger partial charge < -0.3 is 9.84 Å². The molecule has 0 radical (unpaired) electrons. The minimum atomic E-state index is -3.60. The molecule has 1 rings (SSSR count). The summed E-state index contributed by atoms with van der Waals surface area (Å²) in [6.07, 6.45) is 2.54. The van der Waals surface area contributed by atoms with Crippen LogP contribution in [0.15, 0.2) is 33.1 Å². The van der Waals surface area contributed by atoms with E-state index in [0.717, 1.165) is 0 Å². The number of aliphatic hydroxyl groups excluding tert-OH is 1. The van der Waals surface area contributed by atoms with Crippen LogP contribution in [0.1, 0.15) is 6.92 Å². The summed E-state index contributed by atoms with van der Waals surface area (Å²) in [5.74, 6) is 0. The molecule has 100 valence electrons. The molecule has 7 heteroatoms. The first-order chi connectivity index (χ1) is 8.97. The van der Waals surface area contributed by atoms with Gasteiger partial charge in [-0.2, -0.15) is 10.5 Å². The molecule has 1 aliphatic heterocycles. The summed E-state index contributed by atoms with van der Waals surface area (Å²) < 4.78 is 29.0. The smallest absolute Gasteiger partial charge is 0.201 e. The zero-order valence-corrected chi connectivity index (χ0v) is 11.1. The quantitative estimate of drug-likeness (QED) is 0.594. The Bertz CT molecular complexity index is 626. The van der Waals surface area contributed by atoms with Crippen molar-refractivity contribution >= 4 is 9.84 Å². The van der Waals surface area contributed by atoms with E-state index in [1.807, 2.05) is 0 Å². The van der Waals surface area contributed by atoms with Crippen LogP contribution in [-0.4, -0.2) is 33.3 Å². The van der Waals surface area contributed by atoms with E-state index in [2.05, 4.69) is 0 Å². The maximum atomic E-state index is 12.0. The monoisotopic (exact) mass is 280 g/mol. The van der Waals surface area contributed by atoms with Crippen LogP contribution in [0.2, 0.25) is 0 Å². The van der Waals surface area contributed by atoms with Gasteiger partial charge in [0.25, 0.3) is 0 Å². The van der Waals surface area contributed by atoms with Crippen molar-refractivity contribution in [3.8, 4) is 12.1 Å². The largest absolute Gasteiger partial charge is 0.394 e. The molecule has 0 aromatic carbocycles. The van der Waals surface area contributed by atoms with E-state index in [9.17, 15) is 8.42 Å².